The summed E-state index contributed by atoms with van der Waals surface area (Å²) < 4.78 is 5.43. The maximum Gasteiger partial charge on any atom is 0.119 e. The Hall–Kier alpha value is -3.40. The van der Waals surface area contributed by atoms with Crippen LogP contribution in [-0.2, 0) is 0 Å². The van der Waals surface area contributed by atoms with Crippen LogP contribution in [0.1, 0.15) is 11.3 Å². The maximum absolute atomic E-state index is 5.43. The number of nitrogens with one attached hydrogen (secondary N) is 1. The molecule has 0 aliphatic carbocycles. The summed E-state index contributed by atoms with van der Waals surface area (Å²) in [6.07, 6.45) is 1.87. The van der Waals surface area contributed by atoms with Gasteiger partial charge >= 0.3 is 0 Å². The highest BCUT2D eigenvalue weighted by Crippen LogP contribution is 2.37. The highest BCUT2D eigenvalue weighted by Gasteiger charge is 2.14. The molecule has 4 nitrogen and oxygen atoms in total. The van der Waals surface area contributed by atoms with Crippen molar-refractivity contribution in [2.24, 2.45) is 0 Å². The van der Waals surface area contributed by atoms with Crippen LogP contribution in [-0.4, -0.2) is 22.1 Å². The minimum atomic E-state index is 0.855. The van der Waals surface area contributed by atoms with Crippen molar-refractivity contribution in [1.82, 2.24) is 15.0 Å². The molecule has 1 N–H and O–H groups in total. The Kier molecular flexibility index (Phi) is 3.41. The zero-order valence-corrected chi connectivity index (χ0v) is 15.5. The molecule has 132 valence electrons. The van der Waals surface area contributed by atoms with Gasteiger partial charge in [-0.15, -0.1) is 0 Å². The quantitative estimate of drug-likeness (QED) is 0.452. The average molecular weight is 353 g/mol. The van der Waals surface area contributed by atoms with Crippen molar-refractivity contribution in [1.29, 1.82) is 0 Å². The van der Waals surface area contributed by atoms with Gasteiger partial charge in [-0.2, -0.15) is 0 Å². The van der Waals surface area contributed by atoms with E-state index < -0.39 is 0 Å². The van der Waals surface area contributed by atoms with Gasteiger partial charge in [-0.3, -0.25) is 9.97 Å². The minimum absolute atomic E-state index is 0.855. The number of rotatable bonds is 2. The maximum atomic E-state index is 5.43. The Morgan fingerprint density at radius 2 is 1.78 bits per heavy atom. The summed E-state index contributed by atoms with van der Waals surface area (Å²) in [6.45, 7) is 4.16. The Bertz CT molecular complexity index is 1330. The van der Waals surface area contributed by atoms with Crippen LogP contribution in [0.4, 0.5) is 0 Å². The number of fused-ring (bicyclic) bond motifs is 4. The Morgan fingerprint density at radius 3 is 2.59 bits per heavy atom. The van der Waals surface area contributed by atoms with E-state index in [4.69, 9.17) is 9.72 Å². The second-order valence-corrected chi connectivity index (χ2v) is 6.88. The average Bonchev–Trinajstić information content (AvgIpc) is 3.06. The van der Waals surface area contributed by atoms with Gasteiger partial charge in [0.25, 0.3) is 0 Å². The van der Waals surface area contributed by atoms with Gasteiger partial charge in [-0.1, -0.05) is 6.07 Å². The molecule has 4 heteroatoms. The van der Waals surface area contributed by atoms with E-state index in [1.165, 1.54) is 16.3 Å². The largest absolute Gasteiger partial charge is 0.497 e. The van der Waals surface area contributed by atoms with E-state index in [0.717, 1.165) is 44.6 Å². The molecule has 0 saturated heterocycles. The smallest absolute Gasteiger partial charge is 0.119 e. The molecular weight excluding hydrogens is 334 g/mol. The van der Waals surface area contributed by atoms with E-state index in [1.54, 1.807) is 7.11 Å². The van der Waals surface area contributed by atoms with Gasteiger partial charge in [0.1, 0.15) is 5.75 Å². The molecule has 3 aromatic heterocycles. The highest BCUT2D eigenvalue weighted by molar-refractivity contribution is 6.15. The van der Waals surface area contributed by atoms with Gasteiger partial charge in [-0.25, -0.2) is 0 Å². The number of aromatic amines is 1. The van der Waals surface area contributed by atoms with Gasteiger partial charge in [0.05, 0.1) is 24.0 Å². The summed E-state index contributed by atoms with van der Waals surface area (Å²) in [4.78, 5) is 12.9. The van der Waals surface area contributed by atoms with Gasteiger partial charge in [0.15, 0.2) is 0 Å². The molecule has 0 amide bonds. The molecule has 0 unspecified atom stereocenters. The van der Waals surface area contributed by atoms with Crippen LogP contribution < -0.4 is 4.74 Å². The van der Waals surface area contributed by atoms with E-state index in [2.05, 4.69) is 41.2 Å². The summed E-state index contributed by atoms with van der Waals surface area (Å²) in [7, 11) is 1.70. The van der Waals surface area contributed by atoms with Crippen molar-refractivity contribution in [2.45, 2.75) is 13.8 Å². The molecule has 0 atom stereocenters. The third kappa shape index (κ3) is 2.37. The molecule has 3 heterocycles. The molecule has 27 heavy (non-hydrogen) atoms. The highest BCUT2D eigenvalue weighted by atomic mass is 16.5. The summed E-state index contributed by atoms with van der Waals surface area (Å²) in [6, 6.07) is 16.5. The Balaban J connectivity index is 1.91. The van der Waals surface area contributed by atoms with Crippen molar-refractivity contribution < 1.29 is 4.74 Å². The van der Waals surface area contributed by atoms with Crippen molar-refractivity contribution in [2.75, 3.05) is 7.11 Å². The van der Waals surface area contributed by atoms with Gasteiger partial charge < -0.3 is 9.72 Å². The number of nitrogens with zero attached hydrogens (tertiary/aromatic N) is 2. The molecular formula is C23H19N3O. The molecule has 2 aromatic carbocycles. The summed E-state index contributed by atoms with van der Waals surface area (Å²) in [5.41, 5.74) is 6.28. The monoisotopic (exact) mass is 353 g/mol. The molecule has 5 rings (SSSR count). The lowest BCUT2D eigenvalue weighted by molar-refractivity contribution is 0.415. The molecule has 0 radical (unpaired) electrons. The van der Waals surface area contributed by atoms with Crippen molar-refractivity contribution in [3.8, 4) is 17.1 Å². The fraction of sp³-hybridized carbons (Fsp3) is 0.130. The summed E-state index contributed by atoms with van der Waals surface area (Å²) in [5, 5.41) is 4.64. The van der Waals surface area contributed by atoms with Crippen LogP contribution >= 0.6 is 0 Å². The van der Waals surface area contributed by atoms with Gasteiger partial charge in [0.2, 0.25) is 0 Å². The number of methoxy groups -OCH3 is 1. The first kappa shape index (κ1) is 15.8. The van der Waals surface area contributed by atoms with Crippen molar-refractivity contribution in [3.05, 3.63) is 66.0 Å². The minimum Gasteiger partial charge on any atom is -0.497 e. The Labute approximate surface area is 156 Å². The summed E-state index contributed by atoms with van der Waals surface area (Å²) >= 11 is 0. The topological polar surface area (TPSA) is 50.8 Å². The lowest BCUT2D eigenvalue weighted by Gasteiger charge is -2.09. The van der Waals surface area contributed by atoms with Crippen LogP contribution in [0.5, 0.6) is 5.75 Å². The predicted molar refractivity (Wildman–Crippen MR) is 110 cm³/mol. The number of hydrogen-bond acceptors (Lipinski definition) is 3. The number of benzene rings is 2. The predicted octanol–water partition coefficient (Wildman–Crippen LogP) is 5.56. The lowest BCUT2D eigenvalue weighted by Crippen LogP contribution is -1.92. The number of pyridine rings is 2. The standard InChI is InChI=1S/C23H19N3O/c1-13-5-4-6-21(25-13)23-18-12-19-17-11-15(27-3)7-8-20(17)26-22(19)14(2)16(18)9-10-24-23/h4-12,26H,1-3H3. The first-order chi connectivity index (χ1) is 13.2. The molecule has 0 bridgehead atoms. The normalized spacial score (nSPS) is 11.5. The third-order valence-corrected chi connectivity index (χ3v) is 5.23. The second-order valence-electron chi connectivity index (χ2n) is 6.88. The van der Waals surface area contributed by atoms with E-state index in [0.29, 0.717) is 0 Å². The summed E-state index contributed by atoms with van der Waals surface area (Å²) in [5.74, 6) is 0.855. The fourth-order valence-corrected chi connectivity index (χ4v) is 3.87. The SMILES string of the molecule is COc1ccc2[nH]c3c(C)c4ccnc(-c5cccc(C)n5)c4cc3c2c1. The Morgan fingerprint density at radius 1 is 0.889 bits per heavy atom. The lowest BCUT2D eigenvalue weighted by atomic mass is 9.99. The fourth-order valence-electron chi connectivity index (χ4n) is 3.87. The number of hydrogen-bond donors (Lipinski definition) is 1. The zero-order chi connectivity index (χ0) is 18.5. The van der Waals surface area contributed by atoms with E-state index in [-0.39, 0.29) is 0 Å². The van der Waals surface area contributed by atoms with Crippen molar-refractivity contribution >= 4 is 32.6 Å². The number of aryl methyl sites for hydroxylation is 2. The first-order valence-electron chi connectivity index (χ1n) is 8.97. The van der Waals surface area contributed by atoms with E-state index in [9.17, 15) is 0 Å². The van der Waals surface area contributed by atoms with E-state index in [1.807, 2.05) is 37.4 Å². The van der Waals surface area contributed by atoms with E-state index >= 15 is 0 Å². The molecule has 0 aliphatic rings. The van der Waals surface area contributed by atoms with Crippen LogP contribution in [0.25, 0.3) is 44.0 Å². The second kappa shape index (κ2) is 5.81. The first-order valence-corrected chi connectivity index (χ1v) is 8.97. The molecule has 0 saturated carbocycles. The number of ether oxygens (including phenoxy) is 1. The van der Waals surface area contributed by atoms with Gasteiger partial charge in [0, 0.05) is 33.6 Å². The van der Waals surface area contributed by atoms with Gasteiger partial charge in [-0.05, 0) is 67.3 Å². The van der Waals surface area contributed by atoms with Crippen LogP contribution in [0.15, 0.2) is 54.7 Å². The molecule has 0 spiro atoms. The molecule has 0 fully saturated rings. The number of aromatic nitrogens is 3. The third-order valence-electron chi connectivity index (χ3n) is 5.23. The van der Waals surface area contributed by atoms with Crippen LogP contribution in [0, 0.1) is 13.8 Å². The van der Waals surface area contributed by atoms with Crippen LogP contribution in [0.2, 0.25) is 0 Å². The zero-order valence-electron chi connectivity index (χ0n) is 15.5. The molecule has 0 aliphatic heterocycles. The molecule has 5 aromatic rings. The van der Waals surface area contributed by atoms with Crippen molar-refractivity contribution in [3.63, 3.8) is 0 Å². The van der Waals surface area contributed by atoms with Crippen LogP contribution in [0.3, 0.4) is 0 Å². The number of H-pyrrole nitrogens is 1.